The molecule has 2 unspecified atom stereocenters. The highest BCUT2D eigenvalue weighted by Crippen LogP contribution is 2.29. The predicted molar refractivity (Wildman–Crippen MR) is 139 cm³/mol. The zero-order chi connectivity index (χ0) is 29.2. The number of amides is 4. The summed E-state index contributed by atoms with van der Waals surface area (Å²) in [5.74, 6) is -2.71. The summed E-state index contributed by atoms with van der Waals surface area (Å²) >= 11 is 0. The molecule has 0 heterocycles. The van der Waals surface area contributed by atoms with Crippen molar-refractivity contribution in [3.63, 3.8) is 0 Å². The standard InChI is InChI=1S/C26H40N4O8/c1-8-37-21(33)11-12-28-23(34)22(17-9-10-19(31)16(4)13-17)30(15(2)3)24(35)18(14-20(27)32)29-25(36)38-26(5,6)7/h9-10,13,15,18,22,31H,8,11-12,14H2,1-7H3,(H2,27,32)(H,28,34)(H,29,36). The number of aryl methyl sites for hydroxylation is 1. The van der Waals surface area contributed by atoms with Crippen LogP contribution in [0.15, 0.2) is 18.2 Å². The number of nitrogens with one attached hydrogen (secondary N) is 2. The van der Waals surface area contributed by atoms with Gasteiger partial charge in [0.15, 0.2) is 0 Å². The summed E-state index contributed by atoms with van der Waals surface area (Å²) in [5.41, 5.74) is 5.32. The quantitative estimate of drug-likeness (QED) is 0.292. The molecule has 4 amide bonds. The Morgan fingerprint density at radius 1 is 1.13 bits per heavy atom. The van der Waals surface area contributed by atoms with Crippen molar-refractivity contribution in [2.24, 2.45) is 5.73 Å². The first-order chi connectivity index (χ1) is 17.6. The van der Waals surface area contributed by atoms with Crippen molar-refractivity contribution in [3.05, 3.63) is 29.3 Å². The molecule has 0 aliphatic heterocycles. The molecule has 0 radical (unpaired) electrons. The molecule has 0 spiro atoms. The van der Waals surface area contributed by atoms with Crippen LogP contribution in [0.5, 0.6) is 5.75 Å². The van der Waals surface area contributed by atoms with Gasteiger partial charge in [0.1, 0.15) is 23.4 Å². The minimum Gasteiger partial charge on any atom is -0.508 e. The number of esters is 1. The minimum atomic E-state index is -1.42. The van der Waals surface area contributed by atoms with Crippen LogP contribution >= 0.6 is 0 Å². The number of nitrogens with two attached hydrogens (primary N) is 1. The van der Waals surface area contributed by atoms with Gasteiger partial charge < -0.3 is 35.8 Å². The number of carbonyl (C=O) groups excluding carboxylic acids is 5. The molecule has 0 saturated heterocycles. The lowest BCUT2D eigenvalue weighted by atomic mass is 9.98. The number of hydrogen-bond donors (Lipinski definition) is 4. The second-order valence-electron chi connectivity index (χ2n) is 10.0. The van der Waals surface area contributed by atoms with Crippen LogP contribution in [-0.2, 0) is 28.7 Å². The summed E-state index contributed by atoms with van der Waals surface area (Å²) in [6.45, 7) is 11.7. The summed E-state index contributed by atoms with van der Waals surface area (Å²) in [6, 6.07) is 1.20. The van der Waals surface area contributed by atoms with E-state index < -0.39 is 59.9 Å². The number of carbonyl (C=O) groups is 5. The molecule has 12 heteroatoms. The lowest BCUT2D eigenvalue weighted by molar-refractivity contribution is -0.146. The van der Waals surface area contributed by atoms with Crippen LogP contribution in [0.1, 0.15) is 71.6 Å². The van der Waals surface area contributed by atoms with Gasteiger partial charge in [-0.15, -0.1) is 0 Å². The van der Waals surface area contributed by atoms with E-state index in [1.807, 2.05) is 0 Å². The first-order valence-electron chi connectivity index (χ1n) is 12.4. The summed E-state index contributed by atoms with van der Waals surface area (Å²) in [7, 11) is 0. The van der Waals surface area contributed by atoms with Gasteiger partial charge in [-0.1, -0.05) is 6.07 Å². The number of phenols is 1. The highest BCUT2D eigenvalue weighted by Gasteiger charge is 2.38. The molecule has 2 atom stereocenters. The van der Waals surface area contributed by atoms with Crippen molar-refractivity contribution in [1.29, 1.82) is 0 Å². The van der Waals surface area contributed by atoms with Crippen LogP contribution in [-0.4, -0.2) is 70.6 Å². The van der Waals surface area contributed by atoms with Crippen molar-refractivity contribution in [3.8, 4) is 5.75 Å². The highest BCUT2D eigenvalue weighted by molar-refractivity contribution is 5.94. The van der Waals surface area contributed by atoms with Gasteiger partial charge in [-0.05, 0) is 71.7 Å². The Morgan fingerprint density at radius 3 is 2.26 bits per heavy atom. The molecule has 38 heavy (non-hydrogen) atoms. The molecular weight excluding hydrogens is 496 g/mol. The molecule has 0 aliphatic rings. The number of alkyl carbamates (subject to hydrolysis) is 1. The lowest BCUT2D eigenvalue weighted by Crippen LogP contribution is -2.56. The van der Waals surface area contributed by atoms with Crippen LogP contribution in [0.4, 0.5) is 4.79 Å². The maximum absolute atomic E-state index is 13.8. The smallest absolute Gasteiger partial charge is 0.408 e. The average Bonchev–Trinajstić information content (AvgIpc) is 2.76. The van der Waals surface area contributed by atoms with Gasteiger partial charge in [0.05, 0.1) is 19.4 Å². The van der Waals surface area contributed by atoms with Crippen LogP contribution in [0, 0.1) is 6.92 Å². The molecule has 1 rings (SSSR count). The third-order valence-electron chi connectivity index (χ3n) is 5.20. The van der Waals surface area contributed by atoms with E-state index in [9.17, 15) is 29.1 Å². The van der Waals surface area contributed by atoms with Crippen LogP contribution < -0.4 is 16.4 Å². The Bertz CT molecular complexity index is 1020. The van der Waals surface area contributed by atoms with Gasteiger partial charge >= 0.3 is 12.1 Å². The fourth-order valence-corrected chi connectivity index (χ4v) is 3.62. The third kappa shape index (κ3) is 10.3. The van der Waals surface area contributed by atoms with Crippen molar-refractivity contribution >= 4 is 29.8 Å². The molecule has 0 aliphatic carbocycles. The van der Waals surface area contributed by atoms with E-state index >= 15 is 0 Å². The molecule has 0 saturated carbocycles. The van der Waals surface area contributed by atoms with E-state index in [0.29, 0.717) is 11.1 Å². The molecule has 212 valence electrons. The van der Waals surface area contributed by atoms with Gasteiger partial charge in [0.2, 0.25) is 17.7 Å². The number of phenolic OH excluding ortho intramolecular Hbond substituents is 1. The van der Waals surface area contributed by atoms with E-state index in [2.05, 4.69) is 10.6 Å². The summed E-state index contributed by atoms with van der Waals surface area (Å²) in [4.78, 5) is 64.5. The number of hydrogen-bond acceptors (Lipinski definition) is 8. The Kier molecular flexibility index (Phi) is 12.0. The Morgan fingerprint density at radius 2 is 1.76 bits per heavy atom. The van der Waals surface area contributed by atoms with Gasteiger partial charge in [0, 0.05) is 12.6 Å². The fraction of sp³-hybridized carbons (Fsp3) is 0.577. The number of aromatic hydroxyl groups is 1. The molecule has 1 aromatic carbocycles. The highest BCUT2D eigenvalue weighted by atomic mass is 16.6. The zero-order valence-electron chi connectivity index (χ0n) is 23.1. The van der Waals surface area contributed by atoms with Crippen molar-refractivity contribution < 1.29 is 38.6 Å². The van der Waals surface area contributed by atoms with Crippen molar-refractivity contribution in [1.82, 2.24) is 15.5 Å². The predicted octanol–water partition coefficient (Wildman–Crippen LogP) is 1.82. The topological polar surface area (TPSA) is 177 Å². The normalized spacial score (nSPS) is 12.7. The van der Waals surface area contributed by atoms with Crippen LogP contribution in [0.3, 0.4) is 0 Å². The van der Waals surface area contributed by atoms with Crippen molar-refractivity contribution in [2.75, 3.05) is 13.2 Å². The summed E-state index contributed by atoms with van der Waals surface area (Å²) in [6.07, 6.45) is -1.55. The molecular formula is C26H40N4O8. The molecule has 5 N–H and O–H groups in total. The number of benzene rings is 1. The van der Waals surface area contributed by atoms with Crippen LogP contribution in [0.25, 0.3) is 0 Å². The van der Waals surface area contributed by atoms with E-state index in [4.69, 9.17) is 15.2 Å². The van der Waals surface area contributed by atoms with E-state index in [0.717, 1.165) is 0 Å². The average molecular weight is 537 g/mol. The molecule has 1 aromatic rings. The first kappa shape index (κ1) is 32.2. The van der Waals surface area contributed by atoms with Gasteiger partial charge in [-0.3, -0.25) is 19.2 Å². The molecule has 0 fully saturated rings. The first-order valence-corrected chi connectivity index (χ1v) is 12.4. The van der Waals surface area contributed by atoms with Gasteiger partial charge in [-0.25, -0.2) is 4.79 Å². The van der Waals surface area contributed by atoms with E-state index in [-0.39, 0.29) is 25.3 Å². The number of nitrogens with zero attached hydrogens (tertiary/aromatic N) is 1. The van der Waals surface area contributed by atoms with E-state index in [1.54, 1.807) is 54.5 Å². The largest absolute Gasteiger partial charge is 0.508 e. The molecule has 12 nitrogen and oxygen atoms in total. The maximum atomic E-state index is 13.8. The molecule has 0 aromatic heterocycles. The number of rotatable bonds is 12. The Labute approximate surface area is 223 Å². The third-order valence-corrected chi connectivity index (χ3v) is 5.20. The maximum Gasteiger partial charge on any atom is 0.408 e. The minimum absolute atomic E-state index is 0.00385. The Hall–Kier alpha value is -3.83. The second kappa shape index (κ2) is 14.2. The van der Waals surface area contributed by atoms with Crippen LogP contribution in [0.2, 0.25) is 0 Å². The second-order valence-corrected chi connectivity index (χ2v) is 10.0. The zero-order valence-corrected chi connectivity index (χ0v) is 23.1. The summed E-state index contributed by atoms with van der Waals surface area (Å²) < 4.78 is 10.1. The van der Waals surface area contributed by atoms with Gasteiger partial charge in [-0.2, -0.15) is 0 Å². The molecule has 0 bridgehead atoms. The monoisotopic (exact) mass is 536 g/mol. The summed E-state index contributed by atoms with van der Waals surface area (Å²) in [5, 5.41) is 15.0. The van der Waals surface area contributed by atoms with Crippen molar-refractivity contribution in [2.45, 2.75) is 85.0 Å². The lowest BCUT2D eigenvalue weighted by Gasteiger charge is -2.37. The SMILES string of the molecule is CCOC(=O)CCNC(=O)C(c1ccc(O)c(C)c1)N(C(=O)C(CC(N)=O)NC(=O)OC(C)(C)C)C(C)C. The Balaban J connectivity index is 3.44. The van der Waals surface area contributed by atoms with Gasteiger partial charge in [0.25, 0.3) is 0 Å². The number of primary amides is 1. The number of ether oxygens (including phenoxy) is 2. The van der Waals surface area contributed by atoms with E-state index in [1.165, 1.54) is 17.0 Å². The fourth-order valence-electron chi connectivity index (χ4n) is 3.62.